The maximum atomic E-state index is 2.23. The van der Waals surface area contributed by atoms with Gasteiger partial charge in [0, 0.05) is 0 Å². The first kappa shape index (κ1) is 55.5. The predicted molar refractivity (Wildman–Crippen MR) is 346 cm³/mol. The third kappa shape index (κ3) is 16.2. The molecule has 376 valence electrons. The van der Waals surface area contributed by atoms with Gasteiger partial charge < -0.3 is 6.15 Å². The number of rotatable bonds is 12. The maximum Gasteiger partial charge on any atom is -0.0134 e. The van der Waals surface area contributed by atoms with Gasteiger partial charge in [0.1, 0.15) is 0 Å². The maximum absolute atomic E-state index is 2.23. The third-order valence-electron chi connectivity index (χ3n) is 12.2. The van der Waals surface area contributed by atoms with Crippen LogP contribution in [0.15, 0.2) is 364 Å². The highest BCUT2D eigenvalue weighted by atomic mass is 31.1. The molecule has 0 aliphatic heterocycles. The lowest BCUT2D eigenvalue weighted by molar-refractivity contribution is 1.74. The molecular formula is C72H63NP4. The van der Waals surface area contributed by atoms with Gasteiger partial charge in [0.25, 0.3) is 0 Å². The molecule has 0 spiro atoms. The molecule has 0 amide bonds. The van der Waals surface area contributed by atoms with Gasteiger partial charge in [-0.15, -0.1) is 0 Å². The summed E-state index contributed by atoms with van der Waals surface area (Å²) in [6.45, 7) is 0. The van der Waals surface area contributed by atoms with E-state index in [1.54, 1.807) is 0 Å². The van der Waals surface area contributed by atoms with Gasteiger partial charge in [-0.3, -0.25) is 0 Å². The van der Waals surface area contributed by atoms with E-state index in [9.17, 15) is 0 Å². The smallest absolute Gasteiger partial charge is 0.0134 e. The molecule has 0 saturated carbocycles. The molecule has 12 aromatic rings. The van der Waals surface area contributed by atoms with Crippen LogP contribution in [-0.2, 0) is 0 Å². The van der Waals surface area contributed by atoms with Crippen LogP contribution in [0.4, 0.5) is 0 Å². The molecule has 0 bridgehead atoms. The lowest BCUT2D eigenvalue weighted by atomic mass is 10.4. The zero-order valence-corrected chi connectivity index (χ0v) is 46.7. The van der Waals surface area contributed by atoms with E-state index in [-0.39, 0.29) is 6.15 Å². The van der Waals surface area contributed by atoms with Gasteiger partial charge in [0.2, 0.25) is 0 Å². The van der Waals surface area contributed by atoms with Gasteiger partial charge in [-0.05, 0) is 95.3 Å². The number of hydrogen-bond donors (Lipinski definition) is 1. The molecule has 0 aromatic heterocycles. The lowest BCUT2D eigenvalue weighted by Gasteiger charge is -2.18. The first-order valence-corrected chi connectivity index (χ1v) is 31.0. The second-order valence-electron chi connectivity index (χ2n) is 17.4. The zero-order valence-electron chi connectivity index (χ0n) is 43.1. The van der Waals surface area contributed by atoms with Crippen molar-refractivity contribution in [3.8, 4) is 0 Å². The molecule has 12 aromatic carbocycles. The quantitative estimate of drug-likeness (QED) is 0.122. The van der Waals surface area contributed by atoms with Crippen molar-refractivity contribution in [1.82, 2.24) is 6.15 Å². The van der Waals surface area contributed by atoms with E-state index < -0.39 is 31.7 Å². The zero-order chi connectivity index (χ0) is 51.7. The fraction of sp³-hybridized carbons (Fsp3) is 0. The summed E-state index contributed by atoms with van der Waals surface area (Å²) < 4.78 is 0. The summed E-state index contributed by atoms with van der Waals surface area (Å²) in [5.41, 5.74) is 0. The fourth-order valence-corrected chi connectivity index (χ4v) is 17.9. The highest BCUT2D eigenvalue weighted by molar-refractivity contribution is 7.81. The van der Waals surface area contributed by atoms with Gasteiger partial charge in [-0.1, -0.05) is 364 Å². The van der Waals surface area contributed by atoms with E-state index in [1.807, 2.05) is 0 Å². The molecule has 3 N–H and O–H groups in total. The number of benzene rings is 12. The molecule has 5 heteroatoms. The molecule has 0 atom stereocenters. The molecule has 0 saturated heterocycles. The Labute approximate surface area is 462 Å². The van der Waals surface area contributed by atoms with Crippen LogP contribution >= 0.6 is 31.7 Å². The van der Waals surface area contributed by atoms with Gasteiger partial charge in [0.15, 0.2) is 0 Å². The van der Waals surface area contributed by atoms with Crippen molar-refractivity contribution in [2.24, 2.45) is 0 Å². The largest absolute Gasteiger partial charge is 0.344 e. The van der Waals surface area contributed by atoms with E-state index in [1.165, 1.54) is 63.7 Å². The Morgan fingerprint density at radius 1 is 0.104 bits per heavy atom. The fourth-order valence-electron chi connectivity index (χ4n) is 8.71. The molecule has 0 aliphatic carbocycles. The van der Waals surface area contributed by atoms with Crippen molar-refractivity contribution in [3.63, 3.8) is 0 Å². The van der Waals surface area contributed by atoms with Crippen molar-refractivity contribution in [2.75, 3.05) is 0 Å². The van der Waals surface area contributed by atoms with E-state index in [0.29, 0.717) is 0 Å². The Hall–Kier alpha value is -7.68. The van der Waals surface area contributed by atoms with Crippen molar-refractivity contribution < 1.29 is 0 Å². The van der Waals surface area contributed by atoms with Crippen LogP contribution in [0.3, 0.4) is 0 Å². The highest BCUT2D eigenvalue weighted by Crippen LogP contribution is 2.35. The summed E-state index contributed by atoms with van der Waals surface area (Å²) >= 11 is 0. The Morgan fingerprint density at radius 3 is 0.234 bits per heavy atom. The normalized spacial score (nSPS) is 10.4. The van der Waals surface area contributed by atoms with Gasteiger partial charge >= 0.3 is 0 Å². The summed E-state index contributed by atoms with van der Waals surface area (Å²) in [6, 6.07) is 129. The minimum absolute atomic E-state index is 0. The van der Waals surface area contributed by atoms with Crippen molar-refractivity contribution in [3.05, 3.63) is 364 Å². The molecule has 0 heterocycles. The molecular weight excluding hydrogens is 1000 g/mol. The molecule has 0 aliphatic rings. The molecule has 0 unspecified atom stereocenters. The van der Waals surface area contributed by atoms with Crippen LogP contribution in [0.5, 0.6) is 0 Å². The summed E-state index contributed by atoms with van der Waals surface area (Å²) in [5, 5.41) is 16.8. The summed E-state index contributed by atoms with van der Waals surface area (Å²) in [6.07, 6.45) is 0. The minimum Gasteiger partial charge on any atom is -0.344 e. The average molecular weight is 1070 g/mol. The number of hydrogen-bond acceptors (Lipinski definition) is 1. The average Bonchev–Trinajstić information content (AvgIpc) is 3.51. The van der Waals surface area contributed by atoms with E-state index in [4.69, 9.17) is 0 Å². The monoisotopic (exact) mass is 1070 g/mol. The molecule has 0 radical (unpaired) electrons. The van der Waals surface area contributed by atoms with E-state index in [2.05, 4.69) is 364 Å². The molecule has 77 heavy (non-hydrogen) atoms. The van der Waals surface area contributed by atoms with Crippen LogP contribution in [-0.4, -0.2) is 0 Å². The van der Waals surface area contributed by atoms with E-state index >= 15 is 0 Å². The van der Waals surface area contributed by atoms with Crippen LogP contribution < -0.4 is 69.8 Å². The molecule has 1 nitrogen and oxygen atoms in total. The van der Waals surface area contributed by atoms with Crippen LogP contribution in [0.25, 0.3) is 0 Å². The summed E-state index contributed by atoms with van der Waals surface area (Å²) in [7, 11) is -1.78. The first-order chi connectivity index (χ1) is 37.8. The van der Waals surface area contributed by atoms with Crippen molar-refractivity contribution in [2.45, 2.75) is 0 Å². The van der Waals surface area contributed by atoms with Crippen LogP contribution in [0, 0.1) is 0 Å². The topological polar surface area (TPSA) is 35.0 Å². The first-order valence-electron chi connectivity index (χ1n) is 25.6. The van der Waals surface area contributed by atoms with Crippen molar-refractivity contribution in [1.29, 1.82) is 0 Å². The molecule has 0 fully saturated rings. The van der Waals surface area contributed by atoms with Gasteiger partial charge in [-0.25, -0.2) is 0 Å². The Kier molecular flexibility index (Phi) is 22.2. The minimum atomic E-state index is -0.446. The second kappa shape index (κ2) is 30.8. The van der Waals surface area contributed by atoms with E-state index in [0.717, 1.165) is 0 Å². The van der Waals surface area contributed by atoms with Crippen LogP contribution in [0.2, 0.25) is 0 Å². The lowest BCUT2D eigenvalue weighted by Crippen LogP contribution is -2.20. The SMILES string of the molecule is N.c1ccc(P(c2ccccc2)c2ccccc2)cc1.c1ccc(P(c2ccccc2)c2ccccc2)cc1.c1ccc(P(c2ccccc2)c2ccccc2)cc1.c1ccc(P(c2ccccc2)c2ccccc2)cc1. The second-order valence-corrected chi connectivity index (χ2v) is 26.2. The standard InChI is InChI=1S/4C18H15P.H3N/c4*1-4-10-16(11-5-1)19(17-12-6-2-7-13-17)18-14-8-3-9-15-18;/h4*1-15H;1H3. The van der Waals surface area contributed by atoms with Gasteiger partial charge in [0.05, 0.1) is 0 Å². The predicted octanol–water partition coefficient (Wildman–Crippen LogP) is 13.9. The Bertz CT molecular complexity index is 2580. The Balaban J connectivity index is 0.000000135. The summed E-state index contributed by atoms with van der Waals surface area (Å²) in [4.78, 5) is 0. The Morgan fingerprint density at radius 2 is 0.169 bits per heavy atom. The highest BCUT2D eigenvalue weighted by Gasteiger charge is 2.18. The third-order valence-corrected chi connectivity index (χ3v) is 21.9. The summed E-state index contributed by atoms with van der Waals surface area (Å²) in [5.74, 6) is 0. The van der Waals surface area contributed by atoms with Crippen molar-refractivity contribution >= 4 is 95.3 Å². The van der Waals surface area contributed by atoms with Gasteiger partial charge in [-0.2, -0.15) is 0 Å². The van der Waals surface area contributed by atoms with Crippen LogP contribution in [0.1, 0.15) is 0 Å². The molecule has 12 rings (SSSR count).